The van der Waals surface area contributed by atoms with E-state index in [9.17, 15) is 9.59 Å². The second kappa shape index (κ2) is 9.50. The normalized spacial score (nSPS) is 15.3. The Balaban J connectivity index is 1.59. The van der Waals surface area contributed by atoms with Gasteiger partial charge in [-0.25, -0.2) is 4.98 Å². The minimum atomic E-state index is -0.667. The lowest BCUT2D eigenvalue weighted by atomic mass is 10.1. The number of hydrogen-bond acceptors (Lipinski definition) is 6. The van der Waals surface area contributed by atoms with Crippen LogP contribution in [0.4, 0.5) is 11.4 Å². The molecule has 0 fully saturated rings. The van der Waals surface area contributed by atoms with E-state index >= 15 is 0 Å². The fourth-order valence-corrected chi connectivity index (χ4v) is 4.31. The van der Waals surface area contributed by atoms with Crippen LogP contribution < -0.4 is 15.0 Å². The molecule has 1 aliphatic rings. The van der Waals surface area contributed by atoms with Crippen LogP contribution in [0.2, 0.25) is 0 Å². The van der Waals surface area contributed by atoms with Crippen LogP contribution in [0.25, 0.3) is 11.3 Å². The highest BCUT2D eigenvalue weighted by Crippen LogP contribution is 2.37. The molecule has 0 bridgehead atoms. The van der Waals surface area contributed by atoms with E-state index in [2.05, 4.69) is 10.3 Å². The summed E-state index contributed by atoms with van der Waals surface area (Å²) < 4.78 is 10.9. The summed E-state index contributed by atoms with van der Waals surface area (Å²) in [5, 5.41) is 5.86. The van der Waals surface area contributed by atoms with Gasteiger partial charge in [-0.15, -0.1) is 11.3 Å². The highest BCUT2D eigenvalue weighted by Gasteiger charge is 2.33. The zero-order valence-electron chi connectivity index (χ0n) is 18.3. The Morgan fingerprint density at radius 1 is 1.28 bits per heavy atom. The molecule has 0 radical (unpaired) electrons. The molecule has 0 saturated heterocycles. The molecular formula is C24H25N3O4S. The Hall–Kier alpha value is -3.23. The SMILES string of the molecule is COCCc1nc(-c2ccc3c(c2)N(CC(=O)Nc2ccccc2C)C(=O)C(C)O3)cs1. The molecule has 2 heterocycles. The summed E-state index contributed by atoms with van der Waals surface area (Å²) in [6, 6.07) is 13.1. The van der Waals surface area contributed by atoms with Crippen molar-refractivity contribution in [3.05, 3.63) is 58.4 Å². The molecule has 0 spiro atoms. The molecule has 8 heteroatoms. The summed E-state index contributed by atoms with van der Waals surface area (Å²) in [5.74, 6) is 0.0432. The Morgan fingerprint density at radius 2 is 2.09 bits per heavy atom. The van der Waals surface area contributed by atoms with Gasteiger partial charge in [-0.05, 0) is 43.7 Å². The van der Waals surface area contributed by atoms with Crippen LogP contribution in [0.1, 0.15) is 17.5 Å². The van der Waals surface area contributed by atoms with Crippen molar-refractivity contribution >= 4 is 34.5 Å². The van der Waals surface area contributed by atoms with Gasteiger partial charge in [0.25, 0.3) is 5.91 Å². The highest BCUT2D eigenvalue weighted by atomic mass is 32.1. The number of nitrogens with one attached hydrogen (secondary N) is 1. The summed E-state index contributed by atoms with van der Waals surface area (Å²) in [5.41, 5.74) is 3.93. The lowest BCUT2D eigenvalue weighted by molar-refractivity contribution is -0.127. The van der Waals surface area contributed by atoms with Gasteiger partial charge in [0.15, 0.2) is 6.10 Å². The molecule has 32 heavy (non-hydrogen) atoms. The van der Waals surface area contributed by atoms with Crippen LogP contribution in [-0.4, -0.2) is 43.2 Å². The van der Waals surface area contributed by atoms with Gasteiger partial charge >= 0.3 is 0 Å². The van der Waals surface area contributed by atoms with E-state index in [-0.39, 0.29) is 18.4 Å². The molecule has 4 rings (SSSR count). The number of benzene rings is 2. The van der Waals surface area contributed by atoms with Crippen molar-refractivity contribution in [1.29, 1.82) is 0 Å². The molecule has 7 nitrogen and oxygen atoms in total. The quantitative estimate of drug-likeness (QED) is 0.586. The molecule has 1 aromatic heterocycles. The Morgan fingerprint density at radius 3 is 2.88 bits per heavy atom. The van der Waals surface area contributed by atoms with Gasteiger partial charge in [-0.2, -0.15) is 0 Å². The van der Waals surface area contributed by atoms with Gasteiger partial charge in [0.2, 0.25) is 5.91 Å². The average Bonchev–Trinajstić information content (AvgIpc) is 3.26. The number of thiazole rings is 1. The third kappa shape index (κ3) is 4.66. The fourth-order valence-electron chi connectivity index (χ4n) is 3.52. The van der Waals surface area contributed by atoms with Crippen LogP contribution in [0.3, 0.4) is 0 Å². The van der Waals surface area contributed by atoms with Crippen molar-refractivity contribution in [2.24, 2.45) is 0 Å². The number of rotatable bonds is 7. The minimum Gasteiger partial charge on any atom is -0.479 e. The summed E-state index contributed by atoms with van der Waals surface area (Å²) in [6.45, 7) is 4.12. The third-order valence-corrected chi connectivity index (χ3v) is 6.16. The zero-order chi connectivity index (χ0) is 22.7. The molecule has 2 aromatic carbocycles. The van der Waals surface area contributed by atoms with E-state index < -0.39 is 6.10 Å². The number of amides is 2. The number of anilines is 2. The number of fused-ring (bicyclic) bond motifs is 1. The smallest absolute Gasteiger partial charge is 0.268 e. The molecule has 2 amide bonds. The van der Waals surface area contributed by atoms with Crippen molar-refractivity contribution < 1.29 is 19.1 Å². The second-order valence-electron chi connectivity index (χ2n) is 7.60. The summed E-state index contributed by atoms with van der Waals surface area (Å²) >= 11 is 1.57. The maximum absolute atomic E-state index is 12.9. The first-order valence-corrected chi connectivity index (χ1v) is 11.3. The summed E-state index contributed by atoms with van der Waals surface area (Å²) in [6.07, 6.45) is 0.0793. The topological polar surface area (TPSA) is 80.8 Å². The van der Waals surface area contributed by atoms with Gasteiger partial charge < -0.3 is 14.8 Å². The maximum Gasteiger partial charge on any atom is 0.268 e. The number of para-hydroxylation sites is 1. The van der Waals surface area contributed by atoms with Crippen molar-refractivity contribution in [3.8, 4) is 17.0 Å². The minimum absolute atomic E-state index is 0.104. The maximum atomic E-state index is 12.9. The standard InChI is InChI=1S/C24H25N3O4S/c1-15-6-4-5-7-18(15)25-22(28)13-27-20-12-17(8-9-21(20)31-16(2)24(27)29)19-14-32-23(26-19)10-11-30-3/h4-9,12,14,16H,10-11,13H2,1-3H3,(H,25,28). The number of ether oxygens (including phenoxy) is 2. The van der Waals surface area contributed by atoms with Gasteiger partial charge in [0, 0.05) is 30.2 Å². The average molecular weight is 452 g/mol. The molecule has 1 N–H and O–H groups in total. The van der Waals surface area contributed by atoms with E-state index in [1.807, 2.05) is 54.8 Å². The van der Waals surface area contributed by atoms with Crippen molar-refractivity contribution in [2.45, 2.75) is 26.4 Å². The summed E-state index contributed by atoms with van der Waals surface area (Å²) in [7, 11) is 1.67. The predicted molar refractivity (Wildman–Crippen MR) is 125 cm³/mol. The van der Waals surface area contributed by atoms with Gasteiger partial charge in [0.1, 0.15) is 12.3 Å². The van der Waals surface area contributed by atoms with Crippen LogP contribution in [0.5, 0.6) is 5.75 Å². The largest absolute Gasteiger partial charge is 0.479 e. The van der Waals surface area contributed by atoms with Crippen LogP contribution in [-0.2, 0) is 20.7 Å². The van der Waals surface area contributed by atoms with E-state index in [4.69, 9.17) is 9.47 Å². The molecule has 166 valence electrons. The Labute approximate surface area is 191 Å². The number of methoxy groups -OCH3 is 1. The number of carbonyl (C=O) groups is 2. The first-order valence-electron chi connectivity index (χ1n) is 10.4. The second-order valence-corrected chi connectivity index (χ2v) is 8.54. The van der Waals surface area contributed by atoms with E-state index in [1.54, 1.807) is 25.4 Å². The number of aromatic nitrogens is 1. The molecule has 1 aliphatic heterocycles. The first-order chi connectivity index (χ1) is 15.5. The van der Waals surface area contributed by atoms with Gasteiger partial charge in [0.05, 0.1) is 23.0 Å². The number of hydrogen-bond donors (Lipinski definition) is 1. The molecule has 1 unspecified atom stereocenters. The molecule has 0 aliphatic carbocycles. The molecular weight excluding hydrogens is 426 g/mol. The van der Waals surface area contributed by atoms with E-state index in [0.29, 0.717) is 18.0 Å². The van der Waals surface area contributed by atoms with Crippen molar-refractivity contribution in [3.63, 3.8) is 0 Å². The lowest BCUT2D eigenvalue weighted by Gasteiger charge is -2.33. The molecule has 0 saturated carbocycles. The lowest BCUT2D eigenvalue weighted by Crippen LogP contribution is -2.47. The predicted octanol–water partition coefficient (Wildman–Crippen LogP) is 4.06. The molecule has 3 aromatic rings. The van der Waals surface area contributed by atoms with Gasteiger partial charge in [-0.1, -0.05) is 18.2 Å². The summed E-state index contributed by atoms with van der Waals surface area (Å²) in [4.78, 5) is 31.8. The number of aryl methyl sites for hydroxylation is 1. The first kappa shape index (κ1) is 22.0. The van der Waals surface area contributed by atoms with Crippen LogP contribution in [0, 0.1) is 6.92 Å². The van der Waals surface area contributed by atoms with Crippen LogP contribution in [0.15, 0.2) is 47.8 Å². The van der Waals surface area contributed by atoms with Crippen molar-refractivity contribution in [2.75, 3.05) is 30.5 Å². The fraction of sp³-hybridized carbons (Fsp3) is 0.292. The highest BCUT2D eigenvalue weighted by molar-refractivity contribution is 7.09. The van der Waals surface area contributed by atoms with E-state index in [1.165, 1.54) is 4.90 Å². The molecule has 1 atom stereocenters. The monoisotopic (exact) mass is 451 g/mol. The third-order valence-electron chi connectivity index (χ3n) is 5.26. The number of nitrogens with zero attached hydrogens (tertiary/aromatic N) is 2. The Kier molecular flexibility index (Phi) is 6.53. The van der Waals surface area contributed by atoms with Crippen molar-refractivity contribution in [1.82, 2.24) is 4.98 Å². The van der Waals surface area contributed by atoms with Gasteiger partial charge in [-0.3, -0.25) is 14.5 Å². The zero-order valence-corrected chi connectivity index (χ0v) is 19.1. The van der Waals surface area contributed by atoms with Crippen LogP contribution >= 0.6 is 11.3 Å². The number of carbonyl (C=O) groups excluding carboxylic acids is 2. The Bertz CT molecular complexity index is 1140. The van der Waals surface area contributed by atoms with E-state index in [0.717, 1.165) is 33.9 Å².